The third kappa shape index (κ3) is 8.18. The standard InChI is InChI=1S/C65H45N3S/c66-64(53-29-14-23-47(40-53)44-18-3-1-4-19-44)68-65(54-30-15-24-48(41-54)45-20-5-2-6-21-45)67-42-43-17-11-22-46(37-43)49-25-12-26-50(38-49)51-27-13-28-52(39-51)55-35-16-36-60-61(55)62-58-33-9-7-31-56(58)57-32-8-10-34-59(57)63(62)69-60/h1-41H,42H2,(H2,66,67,68). The predicted molar refractivity (Wildman–Crippen MR) is 295 cm³/mol. The molecule has 0 fully saturated rings. The number of thiophene rings is 1. The van der Waals surface area contributed by atoms with Crippen molar-refractivity contribution in [3.8, 4) is 55.6 Å². The molecule has 0 saturated heterocycles. The van der Waals surface area contributed by atoms with Crippen LogP contribution in [0.4, 0.5) is 0 Å². The number of hydrogen-bond acceptors (Lipinski definition) is 2. The second-order valence-corrected chi connectivity index (χ2v) is 18.5. The molecule has 3 nitrogen and oxygen atoms in total. The molecule has 69 heavy (non-hydrogen) atoms. The molecule has 0 aliphatic carbocycles. The smallest absolute Gasteiger partial charge is 0.157 e. The number of hydrogen-bond donors (Lipinski definition) is 1. The first-order valence-electron chi connectivity index (χ1n) is 23.4. The first-order valence-corrected chi connectivity index (χ1v) is 24.2. The maximum Gasteiger partial charge on any atom is 0.157 e. The zero-order chi connectivity index (χ0) is 46.1. The Morgan fingerprint density at radius 2 is 0.826 bits per heavy atom. The molecule has 1 aromatic heterocycles. The van der Waals surface area contributed by atoms with Crippen LogP contribution in [0.1, 0.15) is 16.7 Å². The van der Waals surface area contributed by atoms with E-state index in [0.29, 0.717) is 18.2 Å². The highest BCUT2D eigenvalue weighted by atomic mass is 32.1. The van der Waals surface area contributed by atoms with Gasteiger partial charge >= 0.3 is 0 Å². The van der Waals surface area contributed by atoms with Crippen LogP contribution in [0.15, 0.2) is 259 Å². The summed E-state index contributed by atoms with van der Waals surface area (Å²) in [6.07, 6.45) is 0. The van der Waals surface area contributed by atoms with Crippen molar-refractivity contribution in [2.75, 3.05) is 0 Å². The largest absolute Gasteiger partial charge is 0.383 e. The Hall–Kier alpha value is -8.70. The van der Waals surface area contributed by atoms with Crippen LogP contribution in [0.3, 0.4) is 0 Å². The Kier molecular flexibility index (Phi) is 11.0. The van der Waals surface area contributed by atoms with E-state index < -0.39 is 0 Å². The quantitative estimate of drug-likeness (QED) is 0.0876. The van der Waals surface area contributed by atoms with Crippen LogP contribution in [-0.2, 0) is 6.54 Å². The summed E-state index contributed by atoms with van der Waals surface area (Å²) in [5.41, 5.74) is 21.2. The molecule has 0 unspecified atom stereocenters. The van der Waals surface area contributed by atoms with E-state index >= 15 is 0 Å². The molecule has 0 radical (unpaired) electrons. The van der Waals surface area contributed by atoms with Crippen molar-refractivity contribution in [3.63, 3.8) is 0 Å². The van der Waals surface area contributed by atoms with E-state index in [-0.39, 0.29) is 0 Å². The molecule has 0 amide bonds. The van der Waals surface area contributed by atoms with Crippen molar-refractivity contribution in [2.45, 2.75) is 6.54 Å². The zero-order valence-electron chi connectivity index (χ0n) is 37.8. The fourth-order valence-corrected chi connectivity index (χ4v) is 11.1. The van der Waals surface area contributed by atoms with Gasteiger partial charge in [-0.05, 0) is 114 Å². The lowest BCUT2D eigenvalue weighted by Gasteiger charge is -2.11. The predicted octanol–water partition coefficient (Wildman–Crippen LogP) is 17.0. The van der Waals surface area contributed by atoms with Gasteiger partial charge in [0.25, 0.3) is 0 Å². The number of fused-ring (bicyclic) bond motifs is 8. The van der Waals surface area contributed by atoms with Crippen molar-refractivity contribution in [1.29, 1.82) is 0 Å². The second-order valence-electron chi connectivity index (χ2n) is 17.5. The molecule has 0 spiro atoms. The third-order valence-electron chi connectivity index (χ3n) is 13.1. The molecule has 11 aromatic carbocycles. The number of rotatable bonds is 9. The van der Waals surface area contributed by atoms with Gasteiger partial charge in [-0.25, -0.2) is 4.99 Å². The van der Waals surface area contributed by atoms with Crippen molar-refractivity contribution in [2.24, 2.45) is 15.7 Å². The minimum Gasteiger partial charge on any atom is -0.383 e. The Bertz CT molecular complexity index is 3940. The van der Waals surface area contributed by atoms with Crippen molar-refractivity contribution < 1.29 is 0 Å². The molecule has 326 valence electrons. The minimum absolute atomic E-state index is 0.411. The van der Waals surface area contributed by atoms with Gasteiger partial charge in [-0.3, -0.25) is 4.99 Å². The molecule has 0 saturated carbocycles. The van der Waals surface area contributed by atoms with Gasteiger partial charge in [0.15, 0.2) is 5.84 Å². The first kappa shape index (κ1) is 41.7. The van der Waals surface area contributed by atoms with Crippen LogP contribution in [0.25, 0.3) is 97.4 Å². The summed E-state index contributed by atoms with van der Waals surface area (Å²) in [6, 6.07) is 88.4. The summed E-state index contributed by atoms with van der Waals surface area (Å²) in [6.45, 7) is 0.426. The molecule has 2 N–H and O–H groups in total. The molecular formula is C65H45N3S. The van der Waals surface area contributed by atoms with E-state index in [1.807, 2.05) is 47.7 Å². The number of benzene rings is 11. The van der Waals surface area contributed by atoms with Crippen LogP contribution < -0.4 is 5.73 Å². The fraction of sp³-hybridized carbons (Fsp3) is 0.0154. The lowest BCUT2D eigenvalue weighted by atomic mass is 9.92. The zero-order valence-corrected chi connectivity index (χ0v) is 38.6. The van der Waals surface area contributed by atoms with E-state index in [2.05, 4.69) is 212 Å². The van der Waals surface area contributed by atoms with Gasteiger partial charge < -0.3 is 5.73 Å². The molecule has 1 heterocycles. The normalized spacial score (nSPS) is 12.1. The lowest BCUT2D eigenvalue weighted by molar-refractivity contribution is 1.06. The average molecular weight is 900 g/mol. The Morgan fingerprint density at radius 3 is 1.49 bits per heavy atom. The fourth-order valence-electron chi connectivity index (χ4n) is 9.77. The van der Waals surface area contributed by atoms with Crippen molar-refractivity contribution in [3.05, 3.63) is 265 Å². The van der Waals surface area contributed by atoms with Crippen LogP contribution in [-0.4, -0.2) is 11.7 Å². The van der Waals surface area contributed by atoms with Crippen LogP contribution in [0.5, 0.6) is 0 Å². The first-order chi connectivity index (χ1) is 34.1. The van der Waals surface area contributed by atoms with E-state index in [1.165, 1.54) is 64.0 Å². The van der Waals surface area contributed by atoms with Gasteiger partial charge in [0.2, 0.25) is 0 Å². The van der Waals surface area contributed by atoms with Crippen LogP contribution in [0.2, 0.25) is 0 Å². The van der Waals surface area contributed by atoms with Gasteiger partial charge in [0, 0.05) is 36.7 Å². The van der Waals surface area contributed by atoms with Gasteiger partial charge in [-0.1, -0.05) is 212 Å². The summed E-state index contributed by atoms with van der Waals surface area (Å²) >= 11 is 1.90. The van der Waals surface area contributed by atoms with Crippen LogP contribution >= 0.6 is 11.3 Å². The summed E-state index contributed by atoms with van der Waals surface area (Å²) in [4.78, 5) is 10.3. The molecule has 12 aromatic rings. The topological polar surface area (TPSA) is 50.7 Å². The second kappa shape index (κ2) is 18.2. The summed E-state index contributed by atoms with van der Waals surface area (Å²) in [5, 5.41) is 7.88. The minimum atomic E-state index is 0.411. The maximum absolute atomic E-state index is 6.85. The average Bonchev–Trinajstić information content (AvgIpc) is 3.83. The number of amidine groups is 2. The van der Waals surface area contributed by atoms with Gasteiger partial charge in [-0.2, -0.15) is 0 Å². The van der Waals surface area contributed by atoms with Crippen LogP contribution in [0, 0.1) is 0 Å². The van der Waals surface area contributed by atoms with E-state index in [1.54, 1.807) is 0 Å². The Labute approximate surface area is 405 Å². The highest BCUT2D eigenvalue weighted by molar-refractivity contribution is 7.27. The number of aliphatic imine (C=N–C) groups is 2. The molecule has 4 heteroatoms. The monoisotopic (exact) mass is 899 g/mol. The summed E-state index contributed by atoms with van der Waals surface area (Å²) in [5.74, 6) is 0.990. The Balaban J connectivity index is 0.880. The highest BCUT2D eigenvalue weighted by Crippen LogP contribution is 2.47. The summed E-state index contributed by atoms with van der Waals surface area (Å²) < 4.78 is 2.65. The van der Waals surface area contributed by atoms with Gasteiger partial charge in [0.1, 0.15) is 5.84 Å². The van der Waals surface area contributed by atoms with Gasteiger partial charge in [0.05, 0.1) is 6.54 Å². The van der Waals surface area contributed by atoms with Crippen molar-refractivity contribution in [1.82, 2.24) is 0 Å². The van der Waals surface area contributed by atoms with Gasteiger partial charge in [-0.15, -0.1) is 11.3 Å². The van der Waals surface area contributed by atoms with E-state index in [4.69, 9.17) is 15.7 Å². The third-order valence-corrected chi connectivity index (χ3v) is 14.3. The molecular weight excluding hydrogens is 855 g/mol. The molecule has 0 aliphatic heterocycles. The Morgan fingerprint density at radius 1 is 0.362 bits per heavy atom. The SMILES string of the molecule is NC(=NC(=NCc1cccc(-c2cccc(-c3cccc(-c4cccc5sc6c7ccccc7c7ccccc7c6c45)c3)c2)c1)c1cccc(-c2ccccc2)c1)c1cccc(-c2ccccc2)c1. The lowest BCUT2D eigenvalue weighted by Crippen LogP contribution is -2.16. The van der Waals surface area contributed by atoms with Crippen molar-refractivity contribution >= 4 is 64.7 Å². The molecule has 0 atom stereocenters. The maximum atomic E-state index is 6.85. The molecule has 12 rings (SSSR count). The van der Waals surface area contributed by atoms with E-state index in [0.717, 1.165) is 50.1 Å². The molecule has 0 aliphatic rings. The number of nitrogens with two attached hydrogens (primary N) is 1. The number of nitrogens with zero attached hydrogens (tertiary/aromatic N) is 2. The highest BCUT2D eigenvalue weighted by Gasteiger charge is 2.18. The molecule has 0 bridgehead atoms. The summed E-state index contributed by atoms with van der Waals surface area (Å²) in [7, 11) is 0. The van der Waals surface area contributed by atoms with E-state index in [9.17, 15) is 0 Å².